The SMILES string of the molecule is COCCNCC(=O)Nc1cc(F)c2c(c1O)C(=O)C1=C(O)[C@]3(O)C(=O)C(C(N)=O)=C(O)C[C@@H]3CC1C2. The van der Waals surface area contributed by atoms with E-state index in [0.717, 1.165) is 6.07 Å². The highest BCUT2D eigenvalue weighted by Gasteiger charge is 2.59. The van der Waals surface area contributed by atoms with E-state index in [9.17, 15) is 39.6 Å². The average Bonchev–Trinajstić information content (AvgIpc) is 2.82. The Balaban J connectivity index is 1.73. The second-order valence-electron chi connectivity index (χ2n) is 9.24. The number of rotatable bonds is 7. The molecule has 3 aliphatic rings. The summed E-state index contributed by atoms with van der Waals surface area (Å²) in [5, 5.41) is 48.2. The highest BCUT2D eigenvalue weighted by molar-refractivity contribution is 6.24. The van der Waals surface area contributed by atoms with Crippen molar-refractivity contribution >= 4 is 29.1 Å². The summed E-state index contributed by atoms with van der Waals surface area (Å²) in [6.07, 6.45) is -0.679. The fourth-order valence-corrected chi connectivity index (χ4v) is 5.31. The van der Waals surface area contributed by atoms with Crippen LogP contribution in [0.15, 0.2) is 28.7 Å². The van der Waals surface area contributed by atoms with Gasteiger partial charge in [0.2, 0.25) is 11.7 Å². The van der Waals surface area contributed by atoms with Gasteiger partial charge < -0.3 is 41.5 Å². The van der Waals surface area contributed by atoms with Crippen molar-refractivity contribution in [3.05, 3.63) is 45.7 Å². The molecule has 1 aromatic carbocycles. The van der Waals surface area contributed by atoms with Crippen LogP contribution in [0.1, 0.15) is 28.8 Å². The van der Waals surface area contributed by atoms with Gasteiger partial charge in [-0.15, -0.1) is 0 Å². The van der Waals surface area contributed by atoms with E-state index < -0.39 is 80.6 Å². The lowest BCUT2D eigenvalue weighted by Crippen LogP contribution is -2.57. The van der Waals surface area contributed by atoms with Crippen LogP contribution < -0.4 is 16.4 Å². The van der Waals surface area contributed by atoms with Crippen molar-refractivity contribution in [1.82, 2.24) is 5.32 Å². The van der Waals surface area contributed by atoms with Gasteiger partial charge in [-0.05, 0) is 18.8 Å². The monoisotopic (exact) mass is 519 g/mol. The molecule has 12 nitrogen and oxygen atoms in total. The maximum absolute atomic E-state index is 15.1. The normalized spacial score (nSPS) is 24.9. The van der Waals surface area contributed by atoms with Crippen LogP contribution in [-0.4, -0.2) is 76.2 Å². The first kappa shape index (κ1) is 26.3. The Hall–Kier alpha value is -3.81. The van der Waals surface area contributed by atoms with E-state index in [0.29, 0.717) is 13.2 Å². The van der Waals surface area contributed by atoms with E-state index in [1.165, 1.54) is 7.11 Å². The Morgan fingerprint density at radius 1 is 1.24 bits per heavy atom. The summed E-state index contributed by atoms with van der Waals surface area (Å²) in [6, 6.07) is 0.875. The number of ketones is 2. The zero-order chi connectivity index (χ0) is 27.2. The number of ether oxygens (including phenoxy) is 1. The van der Waals surface area contributed by atoms with Crippen LogP contribution in [0.5, 0.6) is 5.75 Å². The van der Waals surface area contributed by atoms with Crippen molar-refractivity contribution < 1.29 is 48.7 Å². The van der Waals surface area contributed by atoms with Gasteiger partial charge in [-0.2, -0.15) is 0 Å². The first-order chi connectivity index (χ1) is 17.4. The number of carbonyl (C=O) groups is 4. The van der Waals surface area contributed by atoms with Gasteiger partial charge in [-0.25, -0.2) is 4.39 Å². The number of nitrogens with two attached hydrogens (primary N) is 1. The van der Waals surface area contributed by atoms with Gasteiger partial charge in [0.05, 0.1) is 24.4 Å². The fourth-order valence-electron chi connectivity index (χ4n) is 5.31. The van der Waals surface area contributed by atoms with Crippen molar-refractivity contribution in [2.45, 2.75) is 24.9 Å². The molecule has 4 rings (SSSR count). The number of phenols is 1. The van der Waals surface area contributed by atoms with E-state index >= 15 is 4.39 Å². The number of hydrogen-bond donors (Lipinski definition) is 7. The van der Waals surface area contributed by atoms with Crippen LogP contribution in [0.3, 0.4) is 0 Å². The zero-order valence-electron chi connectivity index (χ0n) is 19.8. The average molecular weight is 519 g/mol. The molecule has 8 N–H and O–H groups in total. The molecule has 198 valence electrons. The van der Waals surface area contributed by atoms with E-state index in [-0.39, 0.29) is 37.1 Å². The lowest BCUT2D eigenvalue weighted by atomic mass is 9.60. The van der Waals surface area contributed by atoms with Gasteiger partial charge in [0, 0.05) is 43.2 Å². The number of nitrogens with one attached hydrogen (secondary N) is 2. The molecule has 13 heteroatoms. The van der Waals surface area contributed by atoms with Crippen molar-refractivity contribution in [3.8, 4) is 5.75 Å². The summed E-state index contributed by atoms with van der Waals surface area (Å²) in [4.78, 5) is 50.3. The van der Waals surface area contributed by atoms with Crippen molar-refractivity contribution in [2.75, 3.05) is 32.1 Å². The predicted molar refractivity (Wildman–Crippen MR) is 124 cm³/mol. The molecular formula is C24H26FN3O9. The number of hydrogen-bond acceptors (Lipinski definition) is 10. The van der Waals surface area contributed by atoms with E-state index in [2.05, 4.69) is 10.6 Å². The second kappa shape index (κ2) is 9.57. The lowest BCUT2D eigenvalue weighted by Gasteiger charge is -2.45. The van der Waals surface area contributed by atoms with Crippen LogP contribution in [0.2, 0.25) is 0 Å². The number of allylic oxidation sites excluding steroid dienone is 2. The summed E-state index contributed by atoms with van der Waals surface area (Å²) in [5.41, 5.74) is 0.0599. The highest BCUT2D eigenvalue weighted by atomic mass is 19.1. The first-order valence-corrected chi connectivity index (χ1v) is 11.4. The molecule has 37 heavy (non-hydrogen) atoms. The van der Waals surface area contributed by atoms with Gasteiger partial charge in [0.1, 0.15) is 22.9 Å². The minimum Gasteiger partial charge on any atom is -0.511 e. The molecule has 0 aromatic heterocycles. The van der Waals surface area contributed by atoms with Gasteiger partial charge >= 0.3 is 0 Å². The Morgan fingerprint density at radius 2 is 1.95 bits per heavy atom. The molecule has 0 bridgehead atoms. The standard InChI is InChI=1S/C24H26FN3O9/c1-37-3-2-27-8-15(30)28-13-7-12(25)11-5-9-4-10-6-14(29)18(23(26)35)22(34)24(10,36)21(33)16(9)20(32)17(11)19(13)31/h7,9-10,27,29,31,33,36H,2-6,8H2,1H3,(H2,26,35)(H,28,30)/t9?,10-,24-/m0/s1. The topological polar surface area (TPSA) is 209 Å². The molecule has 0 radical (unpaired) electrons. The van der Waals surface area contributed by atoms with Gasteiger partial charge in [0.15, 0.2) is 17.1 Å². The second-order valence-corrected chi connectivity index (χ2v) is 9.24. The largest absolute Gasteiger partial charge is 0.511 e. The number of aromatic hydroxyl groups is 1. The molecule has 3 aliphatic carbocycles. The van der Waals surface area contributed by atoms with Crippen LogP contribution in [0, 0.1) is 17.7 Å². The van der Waals surface area contributed by atoms with E-state index in [1.807, 2.05) is 0 Å². The van der Waals surface area contributed by atoms with Gasteiger partial charge in [0.25, 0.3) is 5.91 Å². The third-order valence-electron chi connectivity index (χ3n) is 7.05. The lowest BCUT2D eigenvalue weighted by molar-refractivity contribution is -0.144. The minimum atomic E-state index is -2.72. The summed E-state index contributed by atoms with van der Waals surface area (Å²) >= 11 is 0. The summed E-state index contributed by atoms with van der Waals surface area (Å²) in [7, 11) is 1.48. The molecule has 0 aliphatic heterocycles. The Labute approximate surface area is 209 Å². The Bertz CT molecular complexity index is 1290. The molecule has 1 aromatic rings. The quantitative estimate of drug-likeness (QED) is 0.144. The fraction of sp³-hybridized carbons (Fsp3) is 0.417. The van der Waals surface area contributed by atoms with E-state index in [1.54, 1.807) is 0 Å². The number of anilines is 1. The Kier molecular flexibility index (Phi) is 6.79. The third kappa shape index (κ3) is 4.14. The van der Waals surface area contributed by atoms with Crippen LogP contribution >= 0.6 is 0 Å². The van der Waals surface area contributed by atoms with E-state index in [4.69, 9.17) is 10.5 Å². The number of aliphatic hydroxyl groups excluding tert-OH is 2. The molecule has 0 saturated carbocycles. The van der Waals surface area contributed by atoms with Crippen LogP contribution in [-0.2, 0) is 25.5 Å². The van der Waals surface area contributed by atoms with Crippen molar-refractivity contribution in [1.29, 1.82) is 0 Å². The number of aliphatic hydroxyl groups is 3. The number of benzene rings is 1. The minimum absolute atomic E-state index is 0.116. The maximum atomic E-state index is 15.1. The number of methoxy groups -OCH3 is 1. The molecule has 1 unspecified atom stereocenters. The number of carbonyl (C=O) groups excluding carboxylic acids is 4. The summed E-state index contributed by atoms with van der Waals surface area (Å²) < 4.78 is 19.9. The molecule has 0 saturated heterocycles. The first-order valence-electron chi connectivity index (χ1n) is 11.4. The van der Waals surface area contributed by atoms with Gasteiger partial charge in [-0.3, -0.25) is 19.2 Å². The van der Waals surface area contributed by atoms with Crippen molar-refractivity contribution in [3.63, 3.8) is 0 Å². The van der Waals surface area contributed by atoms with Crippen LogP contribution in [0.25, 0.3) is 0 Å². The molecule has 0 heterocycles. The number of fused-ring (bicyclic) bond motifs is 3. The van der Waals surface area contributed by atoms with Gasteiger partial charge in [-0.1, -0.05) is 0 Å². The summed E-state index contributed by atoms with van der Waals surface area (Å²) in [6.45, 7) is 0.504. The molecule has 0 spiro atoms. The zero-order valence-corrected chi connectivity index (χ0v) is 19.8. The molecule has 0 fully saturated rings. The maximum Gasteiger partial charge on any atom is 0.255 e. The smallest absolute Gasteiger partial charge is 0.255 e. The predicted octanol–water partition coefficient (Wildman–Crippen LogP) is -0.106. The molecule has 2 amide bonds. The van der Waals surface area contributed by atoms with Crippen molar-refractivity contribution in [2.24, 2.45) is 17.6 Å². The number of halogens is 1. The highest BCUT2D eigenvalue weighted by Crippen LogP contribution is 2.52. The molecule has 3 atom stereocenters. The Morgan fingerprint density at radius 3 is 2.59 bits per heavy atom. The summed E-state index contributed by atoms with van der Waals surface area (Å²) in [5.74, 6) is -9.65. The number of amides is 2. The third-order valence-corrected chi connectivity index (χ3v) is 7.05. The number of Topliss-reactive ketones (excluding diaryl/α,β-unsaturated/α-hetero) is 2. The van der Waals surface area contributed by atoms with Crippen LogP contribution in [0.4, 0.5) is 10.1 Å². The number of phenolic OH excluding ortho intramolecular Hbond substituents is 1. The number of primary amides is 1. The molecular weight excluding hydrogens is 493 g/mol.